The Morgan fingerprint density at radius 3 is 1.54 bits per heavy atom. The molecule has 0 heterocycles. The van der Waals surface area contributed by atoms with Crippen LogP contribution in [-0.4, -0.2) is 19.3 Å². The predicted octanol–water partition coefficient (Wildman–Crippen LogP) is 7.82. The second-order valence-electron chi connectivity index (χ2n) is 8.04. The number of phenolic OH excluding ortho intramolecular Hbond substituents is 1. The van der Waals surface area contributed by atoms with Crippen molar-refractivity contribution >= 4 is 0 Å². The first-order valence-corrected chi connectivity index (χ1v) is 11.7. The van der Waals surface area contributed by atoms with Gasteiger partial charge in [0.05, 0.1) is 14.2 Å². The lowest BCUT2D eigenvalue weighted by Gasteiger charge is -2.11. The van der Waals surface area contributed by atoms with Gasteiger partial charge < -0.3 is 14.6 Å². The first-order valence-electron chi connectivity index (χ1n) is 11.7. The molecule has 0 aromatic heterocycles. The highest BCUT2D eigenvalue weighted by atomic mass is 16.5. The van der Waals surface area contributed by atoms with E-state index in [0.29, 0.717) is 5.75 Å². The Kier molecular flexibility index (Phi) is 14.6. The number of aromatic hydroxyl groups is 1. The van der Waals surface area contributed by atoms with E-state index in [4.69, 9.17) is 9.47 Å². The molecule has 3 nitrogen and oxygen atoms in total. The molecule has 0 fully saturated rings. The van der Waals surface area contributed by atoms with Gasteiger partial charge in [0.1, 0.15) is 5.75 Å². The van der Waals surface area contributed by atoms with Crippen LogP contribution in [-0.2, 0) is 6.42 Å². The molecule has 0 aliphatic carbocycles. The fraction of sp³-hybridized carbons (Fsp3) is 0.760. The third kappa shape index (κ3) is 10.8. The summed E-state index contributed by atoms with van der Waals surface area (Å²) in [6.07, 6.45) is 21.3. The molecule has 0 unspecified atom stereocenters. The maximum Gasteiger partial charge on any atom is 0.164 e. The Morgan fingerprint density at radius 1 is 0.643 bits per heavy atom. The molecule has 0 saturated carbocycles. The lowest BCUT2D eigenvalue weighted by Crippen LogP contribution is -1.94. The maximum atomic E-state index is 10.2. The largest absolute Gasteiger partial charge is 0.504 e. The summed E-state index contributed by atoms with van der Waals surface area (Å²) in [5, 5.41) is 10.2. The fourth-order valence-corrected chi connectivity index (χ4v) is 3.79. The Labute approximate surface area is 173 Å². The summed E-state index contributed by atoms with van der Waals surface area (Å²) in [5.41, 5.74) is 0.922. The van der Waals surface area contributed by atoms with E-state index in [0.717, 1.165) is 24.2 Å². The molecular weight excluding hydrogens is 348 g/mol. The van der Waals surface area contributed by atoms with Gasteiger partial charge in [-0.15, -0.1) is 0 Å². The third-order valence-electron chi connectivity index (χ3n) is 5.63. The van der Waals surface area contributed by atoms with Crippen molar-refractivity contribution < 1.29 is 14.6 Å². The molecule has 0 atom stereocenters. The van der Waals surface area contributed by atoms with Gasteiger partial charge in [-0.2, -0.15) is 0 Å². The molecule has 0 spiro atoms. The Balaban J connectivity index is 1.98. The van der Waals surface area contributed by atoms with E-state index in [1.165, 1.54) is 89.9 Å². The lowest BCUT2D eigenvalue weighted by molar-refractivity contribution is 0.360. The van der Waals surface area contributed by atoms with E-state index >= 15 is 0 Å². The minimum absolute atomic E-state index is 0.258. The Hall–Kier alpha value is -1.38. The second kappa shape index (κ2) is 16.6. The molecule has 0 saturated heterocycles. The zero-order chi connectivity index (χ0) is 20.5. The molecule has 0 aliphatic rings. The summed E-state index contributed by atoms with van der Waals surface area (Å²) >= 11 is 0. The molecule has 1 aromatic rings. The highest BCUT2D eigenvalue weighted by Crippen LogP contribution is 2.35. The maximum absolute atomic E-state index is 10.2. The van der Waals surface area contributed by atoms with Crippen molar-refractivity contribution in [3.8, 4) is 17.2 Å². The molecule has 0 amide bonds. The van der Waals surface area contributed by atoms with Gasteiger partial charge in [-0.25, -0.2) is 0 Å². The van der Waals surface area contributed by atoms with Crippen molar-refractivity contribution in [1.82, 2.24) is 0 Å². The van der Waals surface area contributed by atoms with E-state index in [1.807, 2.05) is 6.07 Å². The highest BCUT2D eigenvalue weighted by Gasteiger charge is 2.10. The average molecular weight is 393 g/mol. The van der Waals surface area contributed by atoms with Crippen LogP contribution < -0.4 is 9.47 Å². The summed E-state index contributed by atoms with van der Waals surface area (Å²) < 4.78 is 10.5. The molecule has 0 bridgehead atoms. The number of rotatable bonds is 18. The molecule has 3 heteroatoms. The van der Waals surface area contributed by atoms with E-state index in [9.17, 15) is 5.11 Å². The van der Waals surface area contributed by atoms with E-state index in [1.54, 1.807) is 20.3 Å². The molecule has 28 heavy (non-hydrogen) atoms. The second-order valence-corrected chi connectivity index (χ2v) is 8.04. The van der Waals surface area contributed by atoms with E-state index in [2.05, 4.69) is 6.92 Å². The summed E-state index contributed by atoms with van der Waals surface area (Å²) in [6, 6.07) is 3.65. The van der Waals surface area contributed by atoms with Gasteiger partial charge in [-0.1, -0.05) is 96.8 Å². The molecule has 0 radical (unpaired) electrons. The van der Waals surface area contributed by atoms with Gasteiger partial charge in [-0.3, -0.25) is 0 Å². The van der Waals surface area contributed by atoms with Crippen LogP contribution in [0.2, 0.25) is 0 Å². The quantitative estimate of drug-likeness (QED) is 0.259. The summed E-state index contributed by atoms with van der Waals surface area (Å²) in [6.45, 7) is 2.28. The number of methoxy groups -OCH3 is 2. The first kappa shape index (κ1) is 24.7. The van der Waals surface area contributed by atoms with Crippen LogP contribution >= 0.6 is 0 Å². The summed E-state index contributed by atoms with van der Waals surface area (Å²) in [5.74, 6) is 1.49. The van der Waals surface area contributed by atoms with Crippen molar-refractivity contribution in [2.24, 2.45) is 0 Å². The number of ether oxygens (including phenoxy) is 2. The number of phenols is 1. The normalized spacial score (nSPS) is 11.0. The van der Waals surface area contributed by atoms with Crippen molar-refractivity contribution in [3.63, 3.8) is 0 Å². The minimum atomic E-state index is 0.258. The number of aryl methyl sites for hydroxylation is 1. The fourth-order valence-electron chi connectivity index (χ4n) is 3.79. The molecule has 162 valence electrons. The van der Waals surface area contributed by atoms with Crippen LogP contribution in [0.25, 0.3) is 0 Å². The van der Waals surface area contributed by atoms with E-state index in [-0.39, 0.29) is 5.75 Å². The van der Waals surface area contributed by atoms with Crippen molar-refractivity contribution in [2.45, 2.75) is 110 Å². The zero-order valence-electron chi connectivity index (χ0n) is 18.7. The van der Waals surface area contributed by atoms with Gasteiger partial charge in [0.25, 0.3) is 0 Å². The first-order chi connectivity index (χ1) is 13.7. The summed E-state index contributed by atoms with van der Waals surface area (Å²) in [4.78, 5) is 0. The van der Waals surface area contributed by atoms with Crippen molar-refractivity contribution in [1.29, 1.82) is 0 Å². The van der Waals surface area contributed by atoms with Crippen LogP contribution in [0.15, 0.2) is 12.1 Å². The molecule has 1 aromatic carbocycles. The molecule has 0 aliphatic heterocycles. The summed E-state index contributed by atoms with van der Waals surface area (Å²) in [7, 11) is 3.22. The molecule has 1 rings (SSSR count). The third-order valence-corrected chi connectivity index (χ3v) is 5.63. The highest BCUT2D eigenvalue weighted by molar-refractivity contribution is 5.50. The topological polar surface area (TPSA) is 38.7 Å². The van der Waals surface area contributed by atoms with Crippen LogP contribution in [0, 0.1) is 0 Å². The smallest absolute Gasteiger partial charge is 0.164 e. The zero-order valence-corrected chi connectivity index (χ0v) is 18.7. The Morgan fingerprint density at radius 2 is 1.11 bits per heavy atom. The number of unbranched alkanes of at least 4 members (excludes halogenated alkanes) is 14. The van der Waals surface area contributed by atoms with Crippen LogP contribution in [0.3, 0.4) is 0 Å². The number of hydrogen-bond donors (Lipinski definition) is 1. The van der Waals surface area contributed by atoms with E-state index < -0.39 is 0 Å². The average Bonchev–Trinajstić information content (AvgIpc) is 2.71. The van der Waals surface area contributed by atoms with Gasteiger partial charge in [0.2, 0.25) is 0 Å². The molecular formula is C25H44O3. The number of hydrogen-bond acceptors (Lipinski definition) is 3. The predicted molar refractivity (Wildman–Crippen MR) is 120 cm³/mol. The standard InChI is InChI=1S/C25H44O3/c1-4-5-6-7-8-9-10-11-12-13-14-15-16-17-18-19-22-20-23(27-2)21-24(28-3)25(22)26/h20-21,26H,4-19H2,1-3H3. The minimum Gasteiger partial charge on any atom is -0.504 e. The lowest BCUT2D eigenvalue weighted by atomic mass is 10.0. The van der Waals surface area contributed by atoms with Gasteiger partial charge in [0, 0.05) is 11.6 Å². The van der Waals surface area contributed by atoms with Crippen molar-refractivity contribution in [2.75, 3.05) is 14.2 Å². The van der Waals surface area contributed by atoms with Gasteiger partial charge >= 0.3 is 0 Å². The monoisotopic (exact) mass is 392 g/mol. The van der Waals surface area contributed by atoms with Crippen LogP contribution in [0.5, 0.6) is 17.2 Å². The van der Waals surface area contributed by atoms with Crippen LogP contribution in [0.4, 0.5) is 0 Å². The van der Waals surface area contributed by atoms with Crippen molar-refractivity contribution in [3.05, 3.63) is 17.7 Å². The van der Waals surface area contributed by atoms with Gasteiger partial charge in [0.15, 0.2) is 11.5 Å². The van der Waals surface area contributed by atoms with Crippen LogP contribution in [0.1, 0.15) is 109 Å². The SMILES string of the molecule is CCCCCCCCCCCCCCCCCc1cc(OC)cc(OC)c1O. The van der Waals surface area contributed by atoms with Gasteiger partial charge in [-0.05, 0) is 18.9 Å². The Bertz CT molecular complexity index is 499. The number of benzene rings is 1. The molecule has 1 N–H and O–H groups in total.